The van der Waals surface area contributed by atoms with Crippen molar-refractivity contribution in [2.45, 2.75) is 12.1 Å². The fourth-order valence-electron chi connectivity index (χ4n) is 0.552. The normalized spacial score (nSPS) is 14.5. The molecular weight excluding hydrogens is 240 g/mol. The number of nitrogens with two attached hydrogens (primary N) is 2. The highest BCUT2D eigenvalue weighted by Gasteiger charge is 2.12. The number of carboxylic acids is 2. The van der Waals surface area contributed by atoms with Gasteiger partial charge in [0.25, 0.3) is 0 Å². The maximum absolute atomic E-state index is 10.3. The lowest BCUT2D eigenvalue weighted by atomic mass is 10.4. The Morgan fingerprint density at radius 1 is 1.00 bits per heavy atom. The maximum Gasteiger partial charge on any atom is 0.321 e. The summed E-state index contributed by atoms with van der Waals surface area (Å²) in [6.45, 7) is 0. The molecule has 6 nitrogen and oxygen atoms in total. The van der Waals surface area contributed by atoms with Gasteiger partial charge in [0.05, 0.1) is 0 Å². The third-order valence-electron chi connectivity index (χ3n) is 1.40. The van der Waals surface area contributed by atoms with Gasteiger partial charge in [-0.15, -0.1) is 23.5 Å². The molecule has 0 aliphatic carbocycles. The molecule has 0 aliphatic rings. The van der Waals surface area contributed by atoms with E-state index in [1.165, 1.54) is 23.5 Å². The second-order valence-electron chi connectivity index (χ2n) is 2.75. The van der Waals surface area contributed by atoms with Crippen molar-refractivity contribution < 1.29 is 19.8 Å². The molecule has 6 N–H and O–H groups in total. The average molecular weight is 254 g/mol. The molecule has 0 radical (unpaired) electrons. The minimum absolute atomic E-state index is 0.310. The van der Waals surface area contributed by atoms with Gasteiger partial charge in [-0.05, 0) is 0 Å². The van der Waals surface area contributed by atoms with Crippen LogP contribution in [-0.2, 0) is 9.59 Å². The van der Waals surface area contributed by atoms with E-state index in [0.29, 0.717) is 16.6 Å². The largest absolute Gasteiger partial charge is 0.480 e. The van der Waals surface area contributed by atoms with Gasteiger partial charge in [0.1, 0.15) is 12.1 Å². The molecule has 8 heteroatoms. The zero-order valence-electron chi connectivity index (χ0n) is 7.96. The number of rotatable bonds is 8. The van der Waals surface area contributed by atoms with Gasteiger partial charge in [0.2, 0.25) is 0 Å². The van der Waals surface area contributed by atoms with Crippen LogP contribution >= 0.6 is 23.5 Å². The Labute approximate surface area is 95.8 Å². The van der Waals surface area contributed by atoms with E-state index in [2.05, 4.69) is 0 Å². The first-order valence-corrected chi connectivity index (χ1v) is 6.38. The predicted octanol–water partition coefficient (Wildman–Crippen LogP) is -0.766. The van der Waals surface area contributed by atoms with Gasteiger partial charge >= 0.3 is 11.9 Å². The molecule has 0 aliphatic heterocycles. The zero-order valence-corrected chi connectivity index (χ0v) is 9.59. The second kappa shape index (κ2) is 7.80. The summed E-state index contributed by atoms with van der Waals surface area (Å²) in [5, 5.41) is 17.5. The molecule has 0 aromatic rings. The number of thioether (sulfide) groups is 2. The standard InChI is InChI=1S/C7H14N2O4S2/c8-4(6(10)11)1-14-3-15-2-5(9)7(12)13/h4-5H,1-3,8-9H2,(H,10,11)(H,12,13)/t4-,5-/m1/s1. The summed E-state index contributed by atoms with van der Waals surface area (Å²) in [6, 6.07) is -1.74. The van der Waals surface area contributed by atoms with Crippen LogP contribution < -0.4 is 11.5 Å². The highest BCUT2D eigenvalue weighted by Crippen LogP contribution is 2.13. The smallest absolute Gasteiger partial charge is 0.321 e. The molecule has 0 saturated heterocycles. The van der Waals surface area contributed by atoms with Gasteiger partial charge < -0.3 is 21.7 Å². The summed E-state index contributed by atoms with van der Waals surface area (Å²) >= 11 is 2.70. The Hall–Kier alpha value is -0.440. The predicted molar refractivity (Wildman–Crippen MR) is 61.0 cm³/mol. The molecular formula is C7H14N2O4S2. The highest BCUT2D eigenvalue weighted by atomic mass is 32.2. The number of aliphatic carboxylic acids is 2. The minimum atomic E-state index is -1.03. The van der Waals surface area contributed by atoms with Crippen LogP contribution in [0, 0.1) is 0 Å². The minimum Gasteiger partial charge on any atom is -0.480 e. The van der Waals surface area contributed by atoms with Crippen LogP contribution in [0.5, 0.6) is 0 Å². The van der Waals surface area contributed by atoms with Crippen molar-refractivity contribution in [2.24, 2.45) is 11.5 Å². The maximum atomic E-state index is 10.3. The van der Waals surface area contributed by atoms with Gasteiger partial charge in [0, 0.05) is 16.6 Å². The number of hydrogen-bond donors (Lipinski definition) is 4. The molecule has 0 bridgehead atoms. The molecule has 88 valence electrons. The van der Waals surface area contributed by atoms with E-state index in [4.69, 9.17) is 21.7 Å². The van der Waals surface area contributed by atoms with Crippen molar-refractivity contribution in [3.8, 4) is 0 Å². The zero-order chi connectivity index (χ0) is 11.8. The first-order valence-electron chi connectivity index (χ1n) is 4.07. The van der Waals surface area contributed by atoms with Gasteiger partial charge in [-0.25, -0.2) is 0 Å². The summed E-state index contributed by atoms with van der Waals surface area (Å²) in [5.41, 5.74) is 10.5. The quantitative estimate of drug-likeness (QED) is 0.328. The van der Waals surface area contributed by atoms with Crippen LogP contribution in [0.25, 0.3) is 0 Å². The Kier molecular flexibility index (Phi) is 7.57. The molecule has 0 rings (SSSR count). The van der Waals surface area contributed by atoms with E-state index in [-0.39, 0.29) is 0 Å². The monoisotopic (exact) mass is 254 g/mol. The van der Waals surface area contributed by atoms with Crippen molar-refractivity contribution >= 4 is 35.5 Å². The van der Waals surface area contributed by atoms with Crippen molar-refractivity contribution in [3.05, 3.63) is 0 Å². The van der Waals surface area contributed by atoms with Gasteiger partial charge in [-0.3, -0.25) is 9.59 Å². The number of carboxylic acid groups (broad SMARTS) is 2. The van der Waals surface area contributed by atoms with E-state index < -0.39 is 24.0 Å². The summed E-state index contributed by atoms with van der Waals surface area (Å²) < 4.78 is 0. The Balaban J connectivity index is 3.40. The number of carbonyl (C=O) groups is 2. The van der Waals surface area contributed by atoms with Crippen molar-refractivity contribution in [1.29, 1.82) is 0 Å². The van der Waals surface area contributed by atoms with Crippen molar-refractivity contribution in [2.75, 3.05) is 16.6 Å². The molecule has 0 fully saturated rings. The van der Waals surface area contributed by atoms with Crippen LogP contribution in [0.15, 0.2) is 0 Å². The van der Waals surface area contributed by atoms with E-state index >= 15 is 0 Å². The van der Waals surface area contributed by atoms with Crippen LogP contribution in [0.2, 0.25) is 0 Å². The fraction of sp³-hybridized carbons (Fsp3) is 0.714. The molecule has 15 heavy (non-hydrogen) atoms. The van der Waals surface area contributed by atoms with E-state index in [9.17, 15) is 9.59 Å². The third-order valence-corrected chi connectivity index (χ3v) is 3.92. The first kappa shape index (κ1) is 14.6. The fourth-order valence-corrected chi connectivity index (χ4v) is 2.59. The first-order chi connectivity index (χ1) is 6.95. The molecule has 0 heterocycles. The molecule has 0 aromatic carbocycles. The summed E-state index contributed by atoms with van der Waals surface area (Å²) in [7, 11) is 0. The summed E-state index contributed by atoms with van der Waals surface area (Å²) in [6.07, 6.45) is 0. The van der Waals surface area contributed by atoms with Crippen LogP contribution in [0.1, 0.15) is 0 Å². The Morgan fingerprint density at radius 3 is 1.60 bits per heavy atom. The van der Waals surface area contributed by atoms with Gasteiger partial charge in [-0.1, -0.05) is 0 Å². The SMILES string of the molecule is N[C@H](CSCSC[C@@H](N)C(=O)O)C(=O)O. The highest BCUT2D eigenvalue weighted by molar-refractivity contribution is 8.16. The number of hydrogen-bond acceptors (Lipinski definition) is 6. The van der Waals surface area contributed by atoms with Crippen LogP contribution in [0.4, 0.5) is 0 Å². The third kappa shape index (κ3) is 7.48. The Morgan fingerprint density at radius 2 is 1.33 bits per heavy atom. The second-order valence-corrected chi connectivity index (χ2v) is 5.17. The molecule has 2 atom stereocenters. The van der Waals surface area contributed by atoms with Crippen molar-refractivity contribution in [3.63, 3.8) is 0 Å². The lowest BCUT2D eigenvalue weighted by molar-refractivity contribution is -0.138. The van der Waals surface area contributed by atoms with E-state index in [1.54, 1.807) is 0 Å². The lowest BCUT2D eigenvalue weighted by Gasteiger charge is -2.07. The average Bonchev–Trinajstić information content (AvgIpc) is 2.16. The van der Waals surface area contributed by atoms with Gasteiger partial charge in [-0.2, -0.15) is 0 Å². The summed E-state index contributed by atoms with van der Waals surface area (Å²) in [4.78, 5) is 20.6. The topological polar surface area (TPSA) is 127 Å². The van der Waals surface area contributed by atoms with Gasteiger partial charge in [0.15, 0.2) is 0 Å². The molecule has 0 spiro atoms. The van der Waals surface area contributed by atoms with Crippen LogP contribution in [0.3, 0.4) is 0 Å². The van der Waals surface area contributed by atoms with E-state index in [0.717, 1.165) is 0 Å². The van der Waals surface area contributed by atoms with E-state index in [1.807, 2.05) is 0 Å². The molecule has 0 aromatic heterocycles. The molecule has 0 unspecified atom stereocenters. The van der Waals surface area contributed by atoms with Crippen LogP contribution in [-0.4, -0.2) is 50.8 Å². The molecule has 0 saturated carbocycles. The molecule has 0 amide bonds. The Bertz CT molecular complexity index is 205. The van der Waals surface area contributed by atoms with Crippen molar-refractivity contribution in [1.82, 2.24) is 0 Å². The summed E-state index contributed by atoms with van der Waals surface area (Å²) in [5.74, 6) is -1.44. The lowest BCUT2D eigenvalue weighted by Crippen LogP contribution is -2.33.